The molecule has 1 aliphatic carbocycles. The van der Waals surface area contributed by atoms with Crippen LogP contribution >= 0.6 is 0 Å². The molecular weight excluding hydrogens is 411 g/mol. The van der Waals surface area contributed by atoms with Crippen LogP contribution in [0.5, 0.6) is 0 Å². The first-order valence-electron chi connectivity index (χ1n) is 9.69. The van der Waals surface area contributed by atoms with E-state index in [0.717, 1.165) is 0 Å². The average molecular weight is 434 g/mol. The van der Waals surface area contributed by atoms with E-state index in [4.69, 9.17) is 5.73 Å². The molecule has 6 nitrogen and oxygen atoms in total. The molecule has 0 radical (unpaired) electrons. The Morgan fingerprint density at radius 3 is 2.50 bits per heavy atom. The molecular formula is C19H23F5N4O2. The molecule has 1 saturated carbocycles. The molecule has 1 saturated heterocycles. The van der Waals surface area contributed by atoms with Gasteiger partial charge in [0.15, 0.2) is 0 Å². The fourth-order valence-corrected chi connectivity index (χ4v) is 3.89. The first kappa shape index (κ1) is 22.2. The Morgan fingerprint density at radius 1 is 1.23 bits per heavy atom. The zero-order valence-corrected chi connectivity index (χ0v) is 16.4. The summed E-state index contributed by atoms with van der Waals surface area (Å²) in [6, 6.07) is -0.398. The first-order valence-corrected chi connectivity index (χ1v) is 9.69. The van der Waals surface area contributed by atoms with E-state index in [0.29, 0.717) is 19.0 Å². The number of nitrogens with zero attached hydrogens (tertiary/aromatic N) is 2. The molecule has 0 aromatic carbocycles. The zero-order valence-electron chi connectivity index (χ0n) is 16.4. The van der Waals surface area contributed by atoms with Crippen molar-refractivity contribution < 1.29 is 31.5 Å². The van der Waals surface area contributed by atoms with Gasteiger partial charge in [0.2, 0.25) is 11.8 Å². The van der Waals surface area contributed by atoms with E-state index in [-0.39, 0.29) is 48.8 Å². The third kappa shape index (κ3) is 4.65. The number of carbonyl (C=O) groups excluding carboxylic acids is 2. The van der Waals surface area contributed by atoms with Gasteiger partial charge in [0.25, 0.3) is 5.91 Å². The predicted molar refractivity (Wildman–Crippen MR) is 98.2 cm³/mol. The van der Waals surface area contributed by atoms with E-state index in [1.54, 1.807) is 0 Å². The normalized spacial score (nSPS) is 24.0. The van der Waals surface area contributed by atoms with Crippen LogP contribution in [-0.4, -0.2) is 41.9 Å². The zero-order chi connectivity index (χ0) is 22.3. The molecule has 0 bridgehead atoms. The van der Waals surface area contributed by atoms with Crippen LogP contribution in [0.25, 0.3) is 0 Å². The highest BCUT2D eigenvalue weighted by Gasteiger charge is 2.39. The summed E-state index contributed by atoms with van der Waals surface area (Å²) in [5.41, 5.74) is 3.55. The van der Waals surface area contributed by atoms with Crippen LogP contribution in [0.2, 0.25) is 0 Å². The second-order valence-electron chi connectivity index (χ2n) is 7.93. The lowest BCUT2D eigenvalue weighted by atomic mass is 9.79. The van der Waals surface area contributed by atoms with Crippen LogP contribution in [0.4, 0.5) is 27.8 Å². The van der Waals surface area contributed by atoms with Gasteiger partial charge in [-0.2, -0.15) is 13.2 Å². The van der Waals surface area contributed by atoms with Crippen molar-refractivity contribution in [3.63, 3.8) is 0 Å². The Hall–Kier alpha value is -2.46. The largest absolute Gasteiger partial charge is 0.418 e. The summed E-state index contributed by atoms with van der Waals surface area (Å²) >= 11 is 0. The topological polar surface area (TPSA) is 88.3 Å². The lowest BCUT2D eigenvalue weighted by molar-refractivity contribution is -0.138. The fourth-order valence-electron chi connectivity index (χ4n) is 3.89. The molecule has 1 aromatic heterocycles. The quantitative estimate of drug-likeness (QED) is 0.713. The van der Waals surface area contributed by atoms with Crippen LogP contribution in [0.3, 0.4) is 0 Å². The number of pyridine rings is 1. The maximum atomic E-state index is 13.7. The van der Waals surface area contributed by atoms with Crippen molar-refractivity contribution in [3.05, 3.63) is 22.9 Å². The Morgan fingerprint density at radius 2 is 1.90 bits per heavy atom. The molecule has 3 N–H and O–H groups in total. The molecule has 2 fully saturated rings. The van der Waals surface area contributed by atoms with E-state index in [1.165, 1.54) is 11.8 Å². The van der Waals surface area contributed by atoms with Crippen molar-refractivity contribution >= 4 is 17.6 Å². The highest BCUT2D eigenvalue weighted by atomic mass is 19.4. The second kappa shape index (κ2) is 7.99. The highest BCUT2D eigenvalue weighted by molar-refractivity contribution is 6.01. The summed E-state index contributed by atoms with van der Waals surface area (Å²) < 4.78 is 67.6. The minimum Gasteiger partial charge on any atom is -0.369 e. The molecule has 3 rings (SSSR count). The van der Waals surface area contributed by atoms with Crippen LogP contribution < -0.4 is 16.0 Å². The lowest BCUT2D eigenvalue weighted by Gasteiger charge is -2.34. The van der Waals surface area contributed by atoms with Gasteiger partial charge in [-0.25, -0.2) is 13.8 Å². The minimum atomic E-state index is -4.72. The van der Waals surface area contributed by atoms with E-state index < -0.39 is 41.9 Å². The van der Waals surface area contributed by atoms with E-state index in [9.17, 15) is 31.5 Å². The molecule has 30 heavy (non-hydrogen) atoms. The average Bonchev–Trinajstić information content (AvgIpc) is 2.76. The number of alkyl halides is 5. The van der Waals surface area contributed by atoms with Crippen molar-refractivity contribution in [2.75, 3.05) is 18.0 Å². The Bertz CT molecular complexity index is 837. The SMILES string of the molecule is Cc1c(C(F)(F)F)cnc(N2CCCC(F)(F)CC2)c1C(=O)NC1CC(C(N)=O)C1. The van der Waals surface area contributed by atoms with Crippen LogP contribution in [0.15, 0.2) is 6.20 Å². The van der Waals surface area contributed by atoms with Gasteiger partial charge < -0.3 is 16.0 Å². The Kier molecular flexibility index (Phi) is 5.92. The van der Waals surface area contributed by atoms with Gasteiger partial charge in [-0.05, 0) is 31.7 Å². The van der Waals surface area contributed by atoms with Crippen LogP contribution in [0, 0.1) is 12.8 Å². The smallest absolute Gasteiger partial charge is 0.369 e. The standard InChI is InChI=1S/C19H23F5N4O2/c1-10-13(19(22,23)24)9-26-16(28-5-2-3-18(20,21)4-6-28)14(10)17(30)27-12-7-11(8-12)15(25)29/h9,11-12H,2-8H2,1H3,(H2,25,29)(H,27,30). The summed E-state index contributed by atoms with van der Waals surface area (Å²) in [7, 11) is 0. The van der Waals surface area contributed by atoms with Gasteiger partial charge in [0.1, 0.15) is 5.82 Å². The summed E-state index contributed by atoms with van der Waals surface area (Å²) in [5, 5.41) is 2.62. The van der Waals surface area contributed by atoms with E-state index in [2.05, 4.69) is 10.3 Å². The summed E-state index contributed by atoms with van der Waals surface area (Å²) in [6.45, 7) is 1.20. The molecule has 2 amide bonds. The van der Waals surface area contributed by atoms with Crippen molar-refractivity contribution in [1.29, 1.82) is 0 Å². The van der Waals surface area contributed by atoms with Gasteiger partial charge >= 0.3 is 6.18 Å². The molecule has 1 aromatic rings. The maximum Gasteiger partial charge on any atom is 0.418 e. The fraction of sp³-hybridized carbons (Fsp3) is 0.632. The third-order valence-corrected chi connectivity index (χ3v) is 5.74. The van der Waals surface area contributed by atoms with Crippen molar-refractivity contribution in [2.45, 2.75) is 57.2 Å². The number of aromatic nitrogens is 1. The van der Waals surface area contributed by atoms with Gasteiger partial charge in [-0.1, -0.05) is 0 Å². The molecule has 166 valence electrons. The summed E-state index contributed by atoms with van der Waals surface area (Å²) in [4.78, 5) is 29.3. The molecule has 0 unspecified atom stereocenters. The lowest BCUT2D eigenvalue weighted by Crippen LogP contribution is -2.48. The number of primary amides is 1. The van der Waals surface area contributed by atoms with Crippen LogP contribution in [-0.2, 0) is 11.0 Å². The molecule has 1 aliphatic heterocycles. The Labute approximate surface area is 170 Å². The molecule has 2 aliphatic rings. The maximum absolute atomic E-state index is 13.7. The molecule has 11 heteroatoms. The van der Waals surface area contributed by atoms with Gasteiger partial charge in [-0.15, -0.1) is 0 Å². The molecule has 2 heterocycles. The number of rotatable bonds is 4. The number of nitrogens with one attached hydrogen (secondary N) is 1. The van der Waals surface area contributed by atoms with Gasteiger partial charge in [-0.3, -0.25) is 9.59 Å². The third-order valence-electron chi connectivity index (χ3n) is 5.74. The summed E-state index contributed by atoms with van der Waals surface area (Å²) in [5.74, 6) is -4.56. The number of anilines is 1. The molecule has 0 spiro atoms. The number of halogens is 5. The minimum absolute atomic E-state index is 0.0403. The number of amides is 2. The van der Waals surface area contributed by atoms with Crippen LogP contribution in [0.1, 0.15) is 53.6 Å². The number of carbonyl (C=O) groups is 2. The highest BCUT2D eigenvalue weighted by Crippen LogP contribution is 2.37. The van der Waals surface area contributed by atoms with E-state index in [1.807, 2.05) is 0 Å². The first-order chi connectivity index (χ1) is 13.9. The van der Waals surface area contributed by atoms with Gasteiger partial charge in [0, 0.05) is 44.1 Å². The number of hydrogen-bond acceptors (Lipinski definition) is 4. The van der Waals surface area contributed by atoms with E-state index >= 15 is 0 Å². The Balaban J connectivity index is 1.92. The predicted octanol–water partition coefficient (Wildman–Crippen LogP) is 3.03. The van der Waals surface area contributed by atoms with Crippen molar-refractivity contribution in [3.8, 4) is 0 Å². The molecule has 0 atom stereocenters. The number of nitrogens with two attached hydrogens (primary N) is 1. The monoisotopic (exact) mass is 434 g/mol. The van der Waals surface area contributed by atoms with Crippen molar-refractivity contribution in [2.24, 2.45) is 11.7 Å². The van der Waals surface area contributed by atoms with Crippen molar-refractivity contribution in [1.82, 2.24) is 10.3 Å². The van der Waals surface area contributed by atoms with Gasteiger partial charge in [0.05, 0.1) is 11.1 Å². The number of hydrogen-bond donors (Lipinski definition) is 2. The summed E-state index contributed by atoms with van der Waals surface area (Å²) in [6.07, 6.45) is -4.16. The second-order valence-corrected chi connectivity index (χ2v) is 7.93.